The maximum absolute atomic E-state index is 11.6. The molecule has 0 saturated heterocycles. The number of carbonyl (C=O) groups excluding carboxylic acids is 1. The zero-order valence-corrected chi connectivity index (χ0v) is 10.4. The summed E-state index contributed by atoms with van der Waals surface area (Å²) in [5.41, 5.74) is 0.482. The molecule has 0 fully saturated rings. The minimum Gasteiger partial charge on any atom is -0.490 e. The van der Waals surface area contributed by atoms with Crippen LogP contribution in [0.4, 0.5) is 5.69 Å². The van der Waals surface area contributed by atoms with Crippen molar-refractivity contribution in [1.82, 2.24) is 4.98 Å². The van der Waals surface area contributed by atoms with Gasteiger partial charge < -0.3 is 14.5 Å². The summed E-state index contributed by atoms with van der Waals surface area (Å²) in [5.74, 6) is -0.404. The second-order valence-corrected chi connectivity index (χ2v) is 3.74. The number of carbonyl (C=O) groups is 1. The van der Waals surface area contributed by atoms with Crippen LogP contribution in [0.1, 0.15) is 17.4 Å². The lowest BCUT2D eigenvalue weighted by Gasteiger charge is -2.01. The largest absolute Gasteiger partial charge is 0.490 e. The quantitative estimate of drug-likeness (QED) is 0.519. The van der Waals surface area contributed by atoms with Crippen LogP contribution in [0.2, 0.25) is 0 Å². The molecule has 0 spiro atoms. The number of rotatable bonds is 4. The lowest BCUT2D eigenvalue weighted by molar-refractivity contribution is -0.383. The van der Waals surface area contributed by atoms with Crippen LogP contribution in [0, 0.1) is 10.1 Å². The van der Waals surface area contributed by atoms with Crippen molar-refractivity contribution >= 4 is 22.6 Å². The van der Waals surface area contributed by atoms with E-state index in [2.05, 4.69) is 4.98 Å². The lowest BCUT2D eigenvalue weighted by Crippen LogP contribution is -2.04. The number of hydrogen-bond donors (Lipinski definition) is 1. The first-order valence-electron chi connectivity index (χ1n) is 5.59. The van der Waals surface area contributed by atoms with E-state index >= 15 is 0 Å². The SMILES string of the molecule is CCOC(=O)c1cc2c([N+](=O)[O-])c(OC)ccc2[nH]1. The van der Waals surface area contributed by atoms with Crippen LogP contribution in [-0.4, -0.2) is 29.6 Å². The van der Waals surface area contributed by atoms with Crippen molar-refractivity contribution in [2.24, 2.45) is 0 Å². The summed E-state index contributed by atoms with van der Waals surface area (Å²) in [7, 11) is 1.35. The second-order valence-electron chi connectivity index (χ2n) is 3.74. The summed E-state index contributed by atoms with van der Waals surface area (Å²) in [6.07, 6.45) is 0. The van der Waals surface area contributed by atoms with Crippen LogP contribution in [0.3, 0.4) is 0 Å². The molecule has 1 aromatic heterocycles. The molecule has 0 aliphatic carbocycles. The third-order valence-electron chi connectivity index (χ3n) is 2.64. The molecule has 1 N–H and O–H groups in total. The van der Waals surface area contributed by atoms with Crippen LogP contribution in [0.25, 0.3) is 10.9 Å². The van der Waals surface area contributed by atoms with Gasteiger partial charge in [0.15, 0.2) is 5.75 Å². The van der Waals surface area contributed by atoms with Gasteiger partial charge in [-0.25, -0.2) is 4.79 Å². The summed E-state index contributed by atoms with van der Waals surface area (Å²) in [4.78, 5) is 24.9. The van der Waals surface area contributed by atoms with Crippen molar-refractivity contribution in [3.63, 3.8) is 0 Å². The second kappa shape index (κ2) is 4.97. The standard InChI is InChI=1S/C12H12N2O5/c1-3-19-12(15)9-6-7-8(13-9)4-5-10(18-2)11(7)14(16)17/h4-6,13H,3H2,1-2H3. The highest BCUT2D eigenvalue weighted by Gasteiger charge is 2.22. The summed E-state index contributed by atoms with van der Waals surface area (Å²) in [5, 5.41) is 11.4. The van der Waals surface area contributed by atoms with Gasteiger partial charge >= 0.3 is 11.7 Å². The van der Waals surface area contributed by atoms with Gasteiger partial charge in [0.2, 0.25) is 0 Å². The Balaban J connectivity index is 2.62. The monoisotopic (exact) mass is 264 g/mol. The normalized spacial score (nSPS) is 10.4. The Hall–Kier alpha value is -2.57. The van der Waals surface area contributed by atoms with E-state index in [1.807, 2.05) is 0 Å². The van der Waals surface area contributed by atoms with Gasteiger partial charge in [-0.3, -0.25) is 10.1 Å². The molecule has 0 aliphatic rings. The molecule has 0 bridgehead atoms. The molecule has 1 heterocycles. The van der Waals surface area contributed by atoms with Crippen molar-refractivity contribution < 1.29 is 19.2 Å². The average molecular weight is 264 g/mol. The first-order valence-corrected chi connectivity index (χ1v) is 5.59. The number of nitrogens with zero attached hydrogens (tertiary/aromatic N) is 1. The molecular formula is C12H12N2O5. The van der Waals surface area contributed by atoms with Crippen LogP contribution >= 0.6 is 0 Å². The molecule has 0 unspecified atom stereocenters. The fourth-order valence-electron chi connectivity index (χ4n) is 1.84. The van der Waals surface area contributed by atoms with E-state index < -0.39 is 10.9 Å². The Kier molecular flexibility index (Phi) is 3.37. The number of nitro benzene ring substituents is 1. The number of H-pyrrole nitrogens is 1. The number of fused-ring (bicyclic) bond motifs is 1. The number of aromatic amines is 1. The zero-order valence-electron chi connectivity index (χ0n) is 10.4. The van der Waals surface area contributed by atoms with E-state index in [-0.39, 0.29) is 23.7 Å². The molecular weight excluding hydrogens is 252 g/mol. The van der Waals surface area contributed by atoms with Crippen molar-refractivity contribution in [2.45, 2.75) is 6.92 Å². The molecule has 1 aromatic carbocycles. The predicted molar refractivity (Wildman–Crippen MR) is 67.5 cm³/mol. The molecule has 0 amide bonds. The van der Waals surface area contributed by atoms with E-state index in [9.17, 15) is 14.9 Å². The van der Waals surface area contributed by atoms with Gasteiger partial charge in [-0.2, -0.15) is 0 Å². The molecule has 2 rings (SSSR count). The number of hydrogen-bond acceptors (Lipinski definition) is 5. The van der Waals surface area contributed by atoms with Crippen molar-refractivity contribution in [3.05, 3.63) is 34.0 Å². The van der Waals surface area contributed by atoms with E-state index in [0.29, 0.717) is 10.9 Å². The van der Waals surface area contributed by atoms with Crippen LogP contribution < -0.4 is 4.74 Å². The molecule has 0 atom stereocenters. The molecule has 19 heavy (non-hydrogen) atoms. The van der Waals surface area contributed by atoms with E-state index in [4.69, 9.17) is 9.47 Å². The maximum Gasteiger partial charge on any atom is 0.354 e. The highest BCUT2D eigenvalue weighted by molar-refractivity contribution is 5.99. The minimum atomic E-state index is -0.549. The van der Waals surface area contributed by atoms with Gasteiger partial charge in [-0.1, -0.05) is 0 Å². The Morgan fingerprint density at radius 1 is 1.47 bits per heavy atom. The van der Waals surface area contributed by atoms with Gasteiger partial charge in [-0.05, 0) is 25.1 Å². The van der Waals surface area contributed by atoms with Crippen molar-refractivity contribution in [3.8, 4) is 5.75 Å². The van der Waals surface area contributed by atoms with Gasteiger partial charge in [0.1, 0.15) is 5.69 Å². The maximum atomic E-state index is 11.6. The molecule has 0 saturated carbocycles. The van der Waals surface area contributed by atoms with E-state index in [0.717, 1.165) is 0 Å². The topological polar surface area (TPSA) is 94.5 Å². The molecule has 7 heteroatoms. The molecule has 0 aliphatic heterocycles. The smallest absolute Gasteiger partial charge is 0.354 e. The number of ether oxygens (including phenoxy) is 2. The third-order valence-corrected chi connectivity index (χ3v) is 2.64. The van der Waals surface area contributed by atoms with Gasteiger partial charge in [0.25, 0.3) is 0 Å². The Morgan fingerprint density at radius 3 is 2.79 bits per heavy atom. The molecule has 100 valence electrons. The zero-order chi connectivity index (χ0) is 14.0. The first-order chi connectivity index (χ1) is 9.08. The molecule has 0 radical (unpaired) electrons. The summed E-state index contributed by atoms with van der Waals surface area (Å²) in [6, 6.07) is 4.49. The lowest BCUT2D eigenvalue weighted by atomic mass is 10.2. The van der Waals surface area contributed by atoms with Gasteiger partial charge in [-0.15, -0.1) is 0 Å². The van der Waals surface area contributed by atoms with Crippen LogP contribution in [-0.2, 0) is 4.74 Å². The average Bonchev–Trinajstić information content (AvgIpc) is 2.81. The molecule has 2 aromatic rings. The third kappa shape index (κ3) is 2.22. The number of benzene rings is 1. The van der Waals surface area contributed by atoms with Gasteiger partial charge in [0, 0.05) is 0 Å². The highest BCUT2D eigenvalue weighted by Crippen LogP contribution is 2.35. The fourth-order valence-corrected chi connectivity index (χ4v) is 1.84. The minimum absolute atomic E-state index is 0.145. The Bertz CT molecular complexity index is 647. The van der Waals surface area contributed by atoms with E-state index in [1.54, 1.807) is 13.0 Å². The Morgan fingerprint density at radius 2 is 2.21 bits per heavy atom. The summed E-state index contributed by atoms with van der Waals surface area (Å²) >= 11 is 0. The molecule has 7 nitrogen and oxygen atoms in total. The fraction of sp³-hybridized carbons (Fsp3) is 0.250. The number of nitro groups is 1. The van der Waals surface area contributed by atoms with Gasteiger partial charge in [0.05, 0.1) is 29.5 Å². The number of nitrogens with one attached hydrogen (secondary N) is 1. The number of esters is 1. The van der Waals surface area contributed by atoms with Crippen LogP contribution in [0.15, 0.2) is 18.2 Å². The van der Waals surface area contributed by atoms with Crippen LogP contribution in [0.5, 0.6) is 5.75 Å². The predicted octanol–water partition coefficient (Wildman–Crippen LogP) is 2.26. The Labute approximate surface area is 108 Å². The van der Waals surface area contributed by atoms with Crippen molar-refractivity contribution in [1.29, 1.82) is 0 Å². The number of methoxy groups -OCH3 is 1. The highest BCUT2D eigenvalue weighted by atomic mass is 16.6. The first kappa shape index (κ1) is 12.9. The van der Waals surface area contributed by atoms with Crippen molar-refractivity contribution in [2.75, 3.05) is 13.7 Å². The number of aromatic nitrogens is 1. The van der Waals surface area contributed by atoms with E-state index in [1.165, 1.54) is 19.2 Å². The summed E-state index contributed by atoms with van der Waals surface area (Å²) in [6.45, 7) is 1.92. The summed E-state index contributed by atoms with van der Waals surface area (Å²) < 4.78 is 9.80.